The van der Waals surface area contributed by atoms with Crippen molar-refractivity contribution in [2.45, 2.75) is 13.5 Å². The summed E-state index contributed by atoms with van der Waals surface area (Å²) >= 11 is 5.94. The number of aromatic nitrogens is 1. The molecule has 0 amide bonds. The second-order valence-electron chi connectivity index (χ2n) is 4.63. The number of benzene rings is 1. The van der Waals surface area contributed by atoms with Crippen molar-refractivity contribution in [3.8, 4) is 11.5 Å². The van der Waals surface area contributed by atoms with Crippen LogP contribution in [0.15, 0.2) is 34.9 Å². The lowest BCUT2D eigenvalue weighted by Crippen LogP contribution is -2.27. The Morgan fingerprint density at radius 1 is 1.48 bits per heavy atom. The highest BCUT2D eigenvalue weighted by Gasteiger charge is 2.12. The molecule has 0 aliphatic heterocycles. The van der Waals surface area contributed by atoms with E-state index in [0.29, 0.717) is 24.1 Å². The van der Waals surface area contributed by atoms with Crippen LogP contribution in [0.1, 0.15) is 12.6 Å². The summed E-state index contributed by atoms with van der Waals surface area (Å²) in [6.07, 6.45) is 1.58. The van der Waals surface area contributed by atoms with Crippen molar-refractivity contribution < 1.29 is 13.9 Å². The Kier molecular flexibility index (Phi) is 5.36. The molecule has 0 saturated heterocycles. The summed E-state index contributed by atoms with van der Waals surface area (Å²) in [6, 6.07) is 7.31. The lowest BCUT2D eigenvalue weighted by Gasteiger charge is -2.13. The summed E-state index contributed by atoms with van der Waals surface area (Å²) in [5.74, 6) is 0.260. The van der Waals surface area contributed by atoms with Crippen LogP contribution in [0.2, 0.25) is 5.02 Å². The molecule has 0 radical (unpaired) electrons. The molecule has 0 N–H and O–H groups in total. The Hall–Kier alpha value is -1.85. The van der Waals surface area contributed by atoms with Crippen molar-refractivity contribution in [1.82, 2.24) is 9.88 Å². The van der Waals surface area contributed by atoms with Crippen molar-refractivity contribution in [3.05, 3.63) is 41.2 Å². The van der Waals surface area contributed by atoms with Crippen LogP contribution >= 0.6 is 11.6 Å². The van der Waals surface area contributed by atoms with Gasteiger partial charge in [-0.3, -0.25) is 9.69 Å². The predicted octanol–water partition coefficient (Wildman–Crippen LogP) is 2.99. The van der Waals surface area contributed by atoms with E-state index >= 15 is 0 Å². The van der Waals surface area contributed by atoms with Gasteiger partial charge in [-0.05, 0) is 32.2 Å². The first kappa shape index (κ1) is 15.5. The number of carbonyl (C=O) groups excluding carboxylic acids is 1. The minimum atomic E-state index is -0.251. The number of likely N-dealkylation sites (N-methyl/N-ethyl adjacent to an activating group) is 1. The van der Waals surface area contributed by atoms with Crippen LogP contribution in [-0.4, -0.2) is 36.1 Å². The monoisotopic (exact) mass is 308 g/mol. The van der Waals surface area contributed by atoms with Gasteiger partial charge in [0, 0.05) is 17.1 Å². The molecule has 0 fully saturated rings. The molecule has 1 heterocycles. The second kappa shape index (κ2) is 7.24. The van der Waals surface area contributed by atoms with E-state index in [1.165, 1.54) is 0 Å². The third-order valence-electron chi connectivity index (χ3n) is 2.76. The summed E-state index contributed by atoms with van der Waals surface area (Å²) in [6.45, 7) is 2.89. The molecule has 5 nitrogen and oxygen atoms in total. The largest absolute Gasteiger partial charge is 0.465 e. The Bertz CT molecular complexity index is 612. The third kappa shape index (κ3) is 4.58. The minimum absolute atomic E-state index is 0.215. The summed E-state index contributed by atoms with van der Waals surface area (Å²) in [4.78, 5) is 17.6. The van der Waals surface area contributed by atoms with Crippen LogP contribution in [-0.2, 0) is 16.1 Å². The number of hydrogen-bond acceptors (Lipinski definition) is 5. The van der Waals surface area contributed by atoms with Crippen molar-refractivity contribution in [2.24, 2.45) is 0 Å². The van der Waals surface area contributed by atoms with Crippen molar-refractivity contribution in [1.29, 1.82) is 0 Å². The van der Waals surface area contributed by atoms with E-state index < -0.39 is 0 Å². The van der Waals surface area contributed by atoms with E-state index in [1.54, 1.807) is 25.3 Å². The molecule has 1 aromatic carbocycles. The highest BCUT2D eigenvalue weighted by Crippen LogP contribution is 2.22. The van der Waals surface area contributed by atoms with E-state index in [0.717, 1.165) is 11.3 Å². The minimum Gasteiger partial charge on any atom is -0.465 e. The molecule has 0 aliphatic rings. The van der Waals surface area contributed by atoms with Gasteiger partial charge in [-0.2, -0.15) is 0 Å². The number of halogens is 1. The maximum Gasteiger partial charge on any atom is 0.320 e. The average molecular weight is 309 g/mol. The molecule has 0 spiro atoms. The molecule has 2 aromatic rings. The van der Waals surface area contributed by atoms with Gasteiger partial charge in [0.2, 0.25) is 5.89 Å². The van der Waals surface area contributed by atoms with Gasteiger partial charge in [0.15, 0.2) is 0 Å². The van der Waals surface area contributed by atoms with Crippen LogP contribution in [0.3, 0.4) is 0 Å². The van der Waals surface area contributed by atoms with E-state index in [9.17, 15) is 4.79 Å². The van der Waals surface area contributed by atoms with Crippen LogP contribution in [0.4, 0.5) is 0 Å². The van der Waals surface area contributed by atoms with Gasteiger partial charge in [0.05, 0.1) is 18.8 Å². The van der Waals surface area contributed by atoms with Crippen molar-refractivity contribution in [2.75, 3.05) is 20.2 Å². The lowest BCUT2D eigenvalue weighted by molar-refractivity contribution is -0.144. The van der Waals surface area contributed by atoms with Gasteiger partial charge in [0.25, 0.3) is 0 Å². The smallest absolute Gasteiger partial charge is 0.320 e. The Morgan fingerprint density at radius 3 is 3.00 bits per heavy atom. The van der Waals surface area contributed by atoms with Crippen LogP contribution < -0.4 is 0 Å². The molecule has 0 atom stereocenters. The topological polar surface area (TPSA) is 55.6 Å². The number of carbonyl (C=O) groups is 1. The summed E-state index contributed by atoms with van der Waals surface area (Å²) in [5.41, 5.74) is 1.57. The maximum absolute atomic E-state index is 11.4. The van der Waals surface area contributed by atoms with Crippen molar-refractivity contribution >= 4 is 17.6 Å². The first-order valence-corrected chi connectivity index (χ1v) is 7.00. The van der Waals surface area contributed by atoms with Crippen LogP contribution in [0.25, 0.3) is 11.5 Å². The molecule has 0 aliphatic carbocycles. The standard InChI is InChI=1S/C15H17ClN2O3/c1-3-20-14(19)9-18(2)8-13-10-21-15(17-13)11-5-4-6-12(16)7-11/h4-7,10H,3,8-9H2,1-2H3. The lowest BCUT2D eigenvalue weighted by atomic mass is 10.2. The Labute approximate surface area is 128 Å². The molecule has 21 heavy (non-hydrogen) atoms. The van der Waals surface area contributed by atoms with E-state index in [2.05, 4.69) is 4.98 Å². The number of ether oxygens (including phenoxy) is 1. The first-order chi connectivity index (χ1) is 10.1. The molecule has 0 unspecified atom stereocenters. The Morgan fingerprint density at radius 2 is 2.29 bits per heavy atom. The van der Waals surface area contributed by atoms with Gasteiger partial charge in [0.1, 0.15) is 6.26 Å². The summed E-state index contributed by atoms with van der Waals surface area (Å²) in [7, 11) is 1.82. The fourth-order valence-corrected chi connectivity index (χ4v) is 2.08. The average Bonchev–Trinajstić information content (AvgIpc) is 2.87. The number of rotatable bonds is 6. The zero-order valence-electron chi connectivity index (χ0n) is 12.0. The number of hydrogen-bond donors (Lipinski definition) is 0. The second-order valence-corrected chi connectivity index (χ2v) is 5.07. The van der Waals surface area contributed by atoms with Gasteiger partial charge < -0.3 is 9.15 Å². The number of nitrogens with zero attached hydrogens (tertiary/aromatic N) is 2. The summed E-state index contributed by atoms with van der Waals surface area (Å²) < 4.78 is 10.3. The maximum atomic E-state index is 11.4. The van der Waals surface area contributed by atoms with E-state index in [-0.39, 0.29) is 12.5 Å². The Balaban J connectivity index is 1.98. The number of oxazole rings is 1. The van der Waals surface area contributed by atoms with Gasteiger partial charge >= 0.3 is 5.97 Å². The molecule has 112 valence electrons. The third-order valence-corrected chi connectivity index (χ3v) is 2.99. The zero-order chi connectivity index (χ0) is 15.2. The molecule has 0 saturated carbocycles. The van der Waals surface area contributed by atoms with Crippen LogP contribution in [0, 0.1) is 0 Å². The highest BCUT2D eigenvalue weighted by atomic mass is 35.5. The van der Waals surface area contributed by atoms with E-state index in [4.69, 9.17) is 20.8 Å². The van der Waals surface area contributed by atoms with Gasteiger partial charge in [-0.15, -0.1) is 0 Å². The normalized spacial score (nSPS) is 10.9. The fourth-order valence-electron chi connectivity index (χ4n) is 1.89. The SMILES string of the molecule is CCOC(=O)CN(C)Cc1coc(-c2cccc(Cl)c2)n1. The van der Waals surface area contributed by atoms with Crippen molar-refractivity contribution in [3.63, 3.8) is 0 Å². The first-order valence-electron chi connectivity index (χ1n) is 6.63. The van der Waals surface area contributed by atoms with Gasteiger partial charge in [-0.1, -0.05) is 17.7 Å². The zero-order valence-corrected chi connectivity index (χ0v) is 12.8. The van der Waals surface area contributed by atoms with Crippen LogP contribution in [0.5, 0.6) is 0 Å². The molecule has 1 aromatic heterocycles. The molecule has 0 bridgehead atoms. The molecule has 2 rings (SSSR count). The quantitative estimate of drug-likeness (QED) is 0.768. The highest BCUT2D eigenvalue weighted by molar-refractivity contribution is 6.30. The molecular weight excluding hydrogens is 292 g/mol. The molecule has 6 heteroatoms. The van der Waals surface area contributed by atoms with E-state index in [1.807, 2.05) is 24.1 Å². The number of esters is 1. The molecular formula is C15H17ClN2O3. The fraction of sp³-hybridized carbons (Fsp3) is 0.333. The predicted molar refractivity (Wildman–Crippen MR) is 79.9 cm³/mol. The van der Waals surface area contributed by atoms with Gasteiger partial charge in [-0.25, -0.2) is 4.98 Å². The summed E-state index contributed by atoms with van der Waals surface area (Å²) in [5, 5.41) is 0.631.